The van der Waals surface area contributed by atoms with Gasteiger partial charge in [0, 0.05) is 11.3 Å². The molecular formula is C19H21NO5. The predicted octanol–water partition coefficient (Wildman–Crippen LogP) is 2.48. The van der Waals surface area contributed by atoms with Crippen molar-refractivity contribution in [1.82, 2.24) is 5.32 Å². The lowest BCUT2D eigenvalue weighted by molar-refractivity contribution is 0.0960. The maximum atomic E-state index is 12.2. The fraction of sp³-hybridized carbons (Fsp3) is 0.211. The third-order valence-electron chi connectivity index (χ3n) is 3.51. The molecule has 0 aliphatic rings. The van der Waals surface area contributed by atoms with Gasteiger partial charge in [-0.2, -0.15) is 0 Å². The number of hydrogen-bond donors (Lipinski definition) is 2. The van der Waals surface area contributed by atoms with E-state index < -0.39 is 0 Å². The monoisotopic (exact) mass is 343 g/mol. The lowest BCUT2D eigenvalue weighted by Crippen LogP contribution is -2.24. The van der Waals surface area contributed by atoms with E-state index in [1.807, 2.05) is 6.07 Å². The molecule has 2 aromatic carbocycles. The Labute approximate surface area is 146 Å². The first-order valence-corrected chi connectivity index (χ1v) is 7.60. The number of hydrogen-bond acceptors (Lipinski definition) is 5. The summed E-state index contributed by atoms with van der Waals surface area (Å²) < 4.78 is 15.9. The van der Waals surface area contributed by atoms with Crippen molar-refractivity contribution < 1.29 is 24.1 Å². The molecule has 0 aliphatic heterocycles. The van der Waals surface area contributed by atoms with Gasteiger partial charge in [0.05, 0.1) is 27.9 Å². The molecule has 0 saturated heterocycles. The molecular weight excluding hydrogens is 322 g/mol. The van der Waals surface area contributed by atoms with Crippen LogP contribution in [0.4, 0.5) is 0 Å². The molecule has 0 atom stereocenters. The van der Waals surface area contributed by atoms with Gasteiger partial charge in [0.2, 0.25) is 5.75 Å². The van der Waals surface area contributed by atoms with Crippen molar-refractivity contribution in [3.63, 3.8) is 0 Å². The predicted molar refractivity (Wildman–Crippen MR) is 95.1 cm³/mol. The highest BCUT2D eigenvalue weighted by Gasteiger charge is 2.13. The van der Waals surface area contributed by atoms with E-state index in [4.69, 9.17) is 14.2 Å². The first-order valence-electron chi connectivity index (χ1n) is 7.60. The summed E-state index contributed by atoms with van der Waals surface area (Å²) in [4.78, 5) is 12.2. The molecule has 1 amide bonds. The molecule has 6 nitrogen and oxygen atoms in total. The second-order valence-corrected chi connectivity index (χ2v) is 5.11. The van der Waals surface area contributed by atoms with Crippen molar-refractivity contribution in [2.45, 2.75) is 0 Å². The largest absolute Gasteiger partial charge is 0.493 e. The van der Waals surface area contributed by atoms with Crippen molar-refractivity contribution in [1.29, 1.82) is 0 Å². The van der Waals surface area contributed by atoms with Crippen LogP contribution < -0.4 is 19.5 Å². The fourth-order valence-electron chi connectivity index (χ4n) is 2.31. The van der Waals surface area contributed by atoms with Crippen LogP contribution in [-0.2, 0) is 0 Å². The van der Waals surface area contributed by atoms with Crippen molar-refractivity contribution in [3.8, 4) is 17.2 Å². The summed E-state index contributed by atoms with van der Waals surface area (Å²) >= 11 is 0. The highest BCUT2D eigenvalue weighted by molar-refractivity contribution is 5.95. The van der Waals surface area contributed by atoms with E-state index in [0.29, 0.717) is 34.1 Å². The van der Waals surface area contributed by atoms with E-state index in [9.17, 15) is 9.90 Å². The van der Waals surface area contributed by atoms with Gasteiger partial charge in [-0.1, -0.05) is 18.2 Å². The molecule has 0 unspecified atom stereocenters. The first kappa shape index (κ1) is 18.4. The molecule has 0 aliphatic carbocycles. The van der Waals surface area contributed by atoms with Crippen LogP contribution in [0.25, 0.3) is 6.08 Å². The maximum absolute atomic E-state index is 12.2. The quantitative estimate of drug-likeness (QED) is 0.808. The number of aliphatic hydroxyl groups is 1. The summed E-state index contributed by atoms with van der Waals surface area (Å²) in [5.74, 6) is 1.15. The van der Waals surface area contributed by atoms with Crippen LogP contribution >= 0.6 is 0 Å². The molecule has 0 fully saturated rings. The zero-order valence-corrected chi connectivity index (χ0v) is 14.4. The number of methoxy groups -OCH3 is 3. The molecule has 0 aromatic heterocycles. The Morgan fingerprint density at radius 3 is 2.12 bits per heavy atom. The van der Waals surface area contributed by atoms with Gasteiger partial charge in [0.1, 0.15) is 0 Å². The lowest BCUT2D eigenvalue weighted by Gasteiger charge is -2.14. The minimum Gasteiger partial charge on any atom is -0.493 e. The van der Waals surface area contributed by atoms with Crippen LogP contribution in [-0.4, -0.2) is 38.9 Å². The van der Waals surface area contributed by atoms with Gasteiger partial charge in [-0.15, -0.1) is 0 Å². The zero-order valence-electron chi connectivity index (χ0n) is 14.4. The number of carbonyl (C=O) groups excluding carboxylic acids is 1. The summed E-state index contributed by atoms with van der Waals surface area (Å²) in [6, 6.07) is 12.2. The molecule has 2 N–H and O–H groups in total. The summed E-state index contributed by atoms with van der Waals surface area (Å²) in [6.07, 6.45) is 1.64. The Balaban J connectivity index is 2.31. The lowest BCUT2D eigenvalue weighted by atomic mass is 10.1. The number of carbonyl (C=O) groups is 1. The molecule has 25 heavy (non-hydrogen) atoms. The smallest absolute Gasteiger partial charge is 0.255 e. The highest BCUT2D eigenvalue weighted by atomic mass is 16.5. The van der Waals surface area contributed by atoms with Gasteiger partial charge in [0.25, 0.3) is 5.91 Å². The fourth-order valence-corrected chi connectivity index (χ4v) is 2.31. The van der Waals surface area contributed by atoms with E-state index >= 15 is 0 Å². The molecule has 0 bridgehead atoms. The SMILES string of the molecule is COc1cc(/C=C(/CO)NC(=O)c2ccccc2)cc(OC)c1OC. The number of rotatable bonds is 7. The van der Waals surface area contributed by atoms with Gasteiger partial charge < -0.3 is 24.6 Å². The minimum atomic E-state index is -0.324. The molecule has 6 heteroatoms. The van der Waals surface area contributed by atoms with E-state index in [1.54, 1.807) is 42.5 Å². The van der Waals surface area contributed by atoms with Crippen LogP contribution in [0.5, 0.6) is 17.2 Å². The molecule has 0 spiro atoms. The van der Waals surface area contributed by atoms with Crippen LogP contribution in [0.15, 0.2) is 48.2 Å². The molecule has 2 rings (SSSR count). The molecule has 0 heterocycles. The average molecular weight is 343 g/mol. The summed E-state index contributed by atoms with van der Waals surface area (Å²) in [5, 5.41) is 12.3. The highest BCUT2D eigenvalue weighted by Crippen LogP contribution is 2.38. The normalized spacial score (nSPS) is 11.0. The van der Waals surface area contributed by atoms with Crippen molar-refractivity contribution in [3.05, 3.63) is 59.3 Å². The Morgan fingerprint density at radius 2 is 1.64 bits per heavy atom. The number of aliphatic hydroxyl groups excluding tert-OH is 1. The second kappa shape index (κ2) is 8.75. The van der Waals surface area contributed by atoms with Gasteiger partial charge in [-0.05, 0) is 35.9 Å². The maximum Gasteiger partial charge on any atom is 0.255 e. The topological polar surface area (TPSA) is 77.0 Å². The van der Waals surface area contributed by atoms with E-state index in [1.165, 1.54) is 21.3 Å². The zero-order chi connectivity index (χ0) is 18.2. The Morgan fingerprint density at radius 1 is 1.04 bits per heavy atom. The van der Waals surface area contributed by atoms with Crippen LogP contribution in [0.2, 0.25) is 0 Å². The molecule has 0 radical (unpaired) electrons. The van der Waals surface area contributed by atoms with Crippen LogP contribution in [0.1, 0.15) is 15.9 Å². The average Bonchev–Trinajstić information content (AvgIpc) is 2.67. The number of benzene rings is 2. The molecule has 132 valence electrons. The van der Waals surface area contributed by atoms with E-state index in [-0.39, 0.29) is 12.5 Å². The number of nitrogens with one attached hydrogen (secondary N) is 1. The molecule has 0 saturated carbocycles. The third-order valence-corrected chi connectivity index (χ3v) is 3.51. The Hall–Kier alpha value is -2.99. The Bertz CT molecular complexity index is 731. The second-order valence-electron chi connectivity index (χ2n) is 5.11. The van der Waals surface area contributed by atoms with Crippen molar-refractivity contribution >= 4 is 12.0 Å². The third kappa shape index (κ3) is 4.51. The van der Waals surface area contributed by atoms with Gasteiger partial charge in [-0.3, -0.25) is 4.79 Å². The van der Waals surface area contributed by atoms with E-state index in [2.05, 4.69) is 5.32 Å². The standard InChI is InChI=1S/C19H21NO5/c1-23-16-10-13(11-17(24-2)18(16)25-3)9-15(12-21)20-19(22)14-7-5-4-6-8-14/h4-11,21H,12H2,1-3H3,(H,20,22)/b15-9-. The number of ether oxygens (including phenoxy) is 3. The van der Waals surface area contributed by atoms with Crippen molar-refractivity contribution in [2.24, 2.45) is 0 Å². The minimum absolute atomic E-state index is 0.298. The summed E-state index contributed by atoms with van der Waals surface area (Å²) in [5.41, 5.74) is 1.54. The Kier molecular flexibility index (Phi) is 6.42. The van der Waals surface area contributed by atoms with Crippen LogP contribution in [0, 0.1) is 0 Å². The van der Waals surface area contributed by atoms with Crippen LogP contribution in [0.3, 0.4) is 0 Å². The molecule has 2 aromatic rings. The summed E-state index contributed by atoms with van der Waals surface area (Å²) in [7, 11) is 4.57. The number of amides is 1. The van der Waals surface area contributed by atoms with Gasteiger partial charge in [0.15, 0.2) is 11.5 Å². The van der Waals surface area contributed by atoms with Crippen molar-refractivity contribution in [2.75, 3.05) is 27.9 Å². The first-order chi connectivity index (χ1) is 12.1. The summed E-state index contributed by atoms with van der Waals surface area (Å²) in [6.45, 7) is -0.324. The van der Waals surface area contributed by atoms with Gasteiger partial charge >= 0.3 is 0 Å². The van der Waals surface area contributed by atoms with Gasteiger partial charge in [-0.25, -0.2) is 0 Å². The van der Waals surface area contributed by atoms with E-state index in [0.717, 1.165) is 0 Å².